The van der Waals surface area contributed by atoms with E-state index in [1.165, 1.54) is 130 Å². The van der Waals surface area contributed by atoms with Crippen molar-refractivity contribution in [2.45, 2.75) is 197 Å². The fourth-order valence-corrected chi connectivity index (χ4v) is 13.2. The van der Waals surface area contributed by atoms with Crippen molar-refractivity contribution >= 4 is 74.8 Å². The number of piperidine rings is 3. The van der Waals surface area contributed by atoms with Gasteiger partial charge in [0.25, 0.3) is 16.7 Å². The average molecular weight is 1560 g/mol. The van der Waals surface area contributed by atoms with Crippen LogP contribution < -0.4 is 22.0 Å². The van der Waals surface area contributed by atoms with Gasteiger partial charge < -0.3 is 46.3 Å². The molecule has 25 nitrogen and oxygen atoms in total. The number of nitrogens with zero attached hydrogens (tertiary/aromatic N) is 14. The number of nitrogens with one attached hydrogen (secondary N) is 1. The number of hydrogen-bond acceptors (Lipinski definition) is 17. The SMILES string of the molecule is CC(C)(C)OC(=O)N1CCC(O)(Cn2cnc3c(cnn3-c3ccc(Br)cc3)c2=O)CC1.CC(C)(C)OC(=O)N1CCC(O)(Cn2cnc3c(cnn3-c3ccc(C4CCC4)cc3)c2=O)CC1.O=c1c2cnn(-c3ccc(C4CCC4)cc3)c2ncn1CC1(O)CCNCC1.[CH-]1CCC1.[Zn+][Br]. The van der Waals surface area contributed by atoms with Crippen molar-refractivity contribution in [2.75, 3.05) is 39.3 Å². The average Bonchev–Trinajstić information content (AvgIpc) is 1.68. The summed E-state index contributed by atoms with van der Waals surface area (Å²) in [5, 5.41) is 50.6. The molecular weight excluding hydrogens is 1470 g/mol. The molecule has 0 atom stereocenters. The second kappa shape index (κ2) is 32.1. The number of carbonyl (C=O) groups is 2. The molecule has 0 spiro atoms. The number of fused-ring (bicyclic) bond motifs is 3. The zero-order valence-electron chi connectivity index (χ0n) is 58.5. The summed E-state index contributed by atoms with van der Waals surface area (Å²) >= 11 is 7.65. The third-order valence-electron chi connectivity index (χ3n) is 19.6. The Labute approximate surface area is 611 Å². The molecule has 4 N–H and O–H groups in total. The molecule has 15 rings (SSSR count). The third kappa shape index (κ3) is 18.4. The maximum atomic E-state index is 13.2. The molecule has 0 bridgehead atoms. The van der Waals surface area contributed by atoms with Crippen LogP contribution in [-0.4, -0.2) is 163 Å². The summed E-state index contributed by atoms with van der Waals surface area (Å²) in [6, 6.07) is 24.3. The van der Waals surface area contributed by atoms with E-state index in [0.29, 0.717) is 110 Å². The second-order valence-corrected chi connectivity index (χ2v) is 30.3. The Kier molecular flexibility index (Phi) is 23.8. The van der Waals surface area contributed by atoms with E-state index in [4.69, 9.17) is 9.47 Å². The number of likely N-dealkylation sites (tertiary alicyclic amines) is 2. The molecule has 9 aromatic rings. The van der Waals surface area contributed by atoms with Gasteiger partial charge >= 0.3 is 42.2 Å². The predicted octanol–water partition coefficient (Wildman–Crippen LogP) is 10.9. The van der Waals surface area contributed by atoms with Crippen LogP contribution in [0.3, 0.4) is 0 Å². The molecule has 534 valence electrons. The van der Waals surface area contributed by atoms with Crippen LogP contribution in [0.2, 0.25) is 0 Å². The number of carbonyl (C=O) groups excluding carboxylic acids is 2. The first-order valence-corrected chi connectivity index (χ1v) is 42.7. The number of halogens is 2. The maximum absolute atomic E-state index is 13.2. The quantitative estimate of drug-likeness (QED) is 0.0691. The van der Waals surface area contributed by atoms with E-state index in [2.05, 4.69) is 95.8 Å². The van der Waals surface area contributed by atoms with Crippen LogP contribution in [0.15, 0.2) is 129 Å². The molecule has 2 amide bonds. The summed E-state index contributed by atoms with van der Waals surface area (Å²) in [5.74, 6) is 1.35. The van der Waals surface area contributed by atoms with Crippen molar-refractivity contribution in [1.29, 1.82) is 0 Å². The molecule has 3 saturated heterocycles. The van der Waals surface area contributed by atoms with Crippen molar-refractivity contribution in [3.8, 4) is 17.1 Å². The summed E-state index contributed by atoms with van der Waals surface area (Å²) < 4.78 is 21.2. The fourth-order valence-electron chi connectivity index (χ4n) is 13.0. The summed E-state index contributed by atoms with van der Waals surface area (Å²) in [6.07, 6.45) is 25.1. The van der Waals surface area contributed by atoms with Crippen LogP contribution in [0.1, 0.15) is 161 Å². The number of benzene rings is 3. The summed E-state index contributed by atoms with van der Waals surface area (Å²) in [5.41, 5.74) is 1.90. The van der Waals surface area contributed by atoms with Gasteiger partial charge in [0.2, 0.25) is 0 Å². The van der Waals surface area contributed by atoms with Crippen LogP contribution >= 0.6 is 29.6 Å². The molecule has 101 heavy (non-hydrogen) atoms. The van der Waals surface area contributed by atoms with Crippen molar-refractivity contribution in [3.05, 3.63) is 163 Å². The number of aliphatic hydroxyl groups is 3. The Morgan fingerprint density at radius 3 is 1.09 bits per heavy atom. The molecule has 3 aliphatic heterocycles. The van der Waals surface area contributed by atoms with Gasteiger partial charge in [0, 0.05) is 30.7 Å². The zero-order chi connectivity index (χ0) is 71.9. The molecule has 6 aliphatic rings. The van der Waals surface area contributed by atoms with Crippen molar-refractivity contribution in [3.63, 3.8) is 0 Å². The summed E-state index contributed by atoms with van der Waals surface area (Å²) in [7, 11) is 0. The van der Waals surface area contributed by atoms with E-state index < -0.39 is 28.0 Å². The molecule has 3 aromatic carbocycles. The summed E-state index contributed by atoms with van der Waals surface area (Å²) in [6.45, 7) is 14.4. The number of amides is 2. The van der Waals surface area contributed by atoms with Crippen molar-refractivity contribution in [2.24, 2.45) is 0 Å². The van der Waals surface area contributed by atoms with Crippen LogP contribution in [0.5, 0.6) is 0 Å². The van der Waals surface area contributed by atoms with E-state index in [1.807, 2.05) is 90.1 Å². The third-order valence-corrected chi connectivity index (χ3v) is 20.1. The van der Waals surface area contributed by atoms with E-state index in [0.717, 1.165) is 34.6 Å². The van der Waals surface area contributed by atoms with Gasteiger partial charge in [-0.1, -0.05) is 53.0 Å². The normalized spacial score (nSPS) is 18.0. The number of aromatic nitrogens is 12. The van der Waals surface area contributed by atoms with Crippen LogP contribution in [-0.2, 0) is 45.5 Å². The monoisotopic (exact) mass is 1560 g/mol. The number of hydrogen-bond donors (Lipinski definition) is 4. The van der Waals surface area contributed by atoms with Gasteiger partial charge in [-0.25, -0.2) is 38.6 Å². The second-order valence-electron chi connectivity index (χ2n) is 29.4. The minimum atomic E-state index is -1.11. The van der Waals surface area contributed by atoms with Crippen molar-refractivity contribution in [1.82, 2.24) is 73.1 Å². The first kappa shape index (κ1) is 74.8. The first-order valence-electron chi connectivity index (χ1n) is 35.0. The fraction of sp³-hybridized carbons (Fsp3) is 0.507. The molecule has 3 saturated carbocycles. The molecule has 28 heteroatoms. The van der Waals surface area contributed by atoms with Gasteiger partial charge in [0.15, 0.2) is 16.9 Å². The zero-order valence-corrected chi connectivity index (χ0v) is 64.7. The molecule has 0 radical (unpaired) electrons. The molecular formula is C73H91Br2N15O10Zn. The summed E-state index contributed by atoms with van der Waals surface area (Å²) in [4.78, 5) is 80.4. The van der Waals surface area contributed by atoms with E-state index >= 15 is 0 Å². The Morgan fingerprint density at radius 1 is 0.515 bits per heavy atom. The molecule has 3 aliphatic carbocycles. The van der Waals surface area contributed by atoms with Crippen LogP contribution in [0.4, 0.5) is 9.59 Å². The predicted molar refractivity (Wildman–Crippen MR) is 388 cm³/mol. The Bertz CT molecular complexity index is 4480. The standard InChI is InChI=1S/C26H33N5O4.C22H26BrN5O4.C21H25N5O2.C4H7.BrH.Zn/c1-25(2,3)35-24(33)29-13-11-26(34,12-14-29)16-30-17-27-22-21(23(30)32)15-28-31(22)20-9-7-19(8-10-20)18-5-4-6-18;1-21(2,3)32-20(30)26-10-8-22(31,9-11-26)13-27-14-24-18-17(19(27)29)12-25-28(18)16-6-4-15(23)5-7-16;27-20-18-12-24-26(17-6-4-16(5-7-17)15-2-1-3-15)19(18)23-14-25(20)13-21(28)8-10-22-11-9-21;1-2-4-3-1;;/h7-10,15,17-18,34H,4-6,11-14,16H2,1-3H3;4-7,12,14,31H,8-11,13H2,1-3H3;4-7,12,14-15,22,28H,1-3,8-11,13H2;1H,2-4H2;1H;/q;;;-1;;+2/p-1. The first-order chi connectivity index (χ1) is 48.3. The van der Waals surface area contributed by atoms with Gasteiger partial charge in [-0.15, -0.1) is 6.42 Å². The van der Waals surface area contributed by atoms with Gasteiger partial charge in [0.1, 0.15) is 46.3 Å². The van der Waals surface area contributed by atoms with Crippen molar-refractivity contribution < 1.29 is 50.7 Å². The van der Waals surface area contributed by atoms with Crippen LogP contribution in [0.25, 0.3) is 50.2 Å². The Hall–Kier alpha value is -7.33. The molecule has 6 aromatic heterocycles. The van der Waals surface area contributed by atoms with Gasteiger partial charge in [-0.3, -0.25) is 28.1 Å². The van der Waals surface area contributed by atoms with Gasteiger partial charge in [-0.05, 0) is 190 Å². The molecule has 0 unspecified atom stereocenters. The van der Waals surface area contributed by atoms with E-state index in [-0.39, 0.29) is 48.5 Å². The van der Waals surface area contributed by atoms with Crippen LogP contribution in [0, 0.1) is 6.42 Å². The topological polar surface area (TPSA) is 290 Å². The Balaban J connectivity index is 0.000000147. The van der Waals surface area contributed by atoms with E-state index in [1.54, 1.807) is 30.0 Å². The molecule has 9 heterocycles. The number of ether oxygens (including phenoxy) is 2. The molecule has 6 fully saturated rings. The van der Waals surface area contributed by atoms with Gasteiger partial charge in [-0.2, -0.15) is 28.1 Å². The number of rotatable bonds is 11. The Morgan fingerprint density at radius 2 is 0.812 bits per heavy atom. The van der Waals surface area contributed by atoms with Gasteiger partial charge in [0.05, 0.1) is 72.1 Å². The van der Waals surface area contributed by atoms with E-state index in [9.17, 15) is 39.3 Å². The minimum absolute atomic E-state index is 0.0976.